The van der Waals surface area contributed by atoms with Crippen molar-refractivity contribution < 1.29 is 14.6 Å². The molecule has 3 nitrogen and oxygen atoms in total. The third-order valence-electron chi connectivity index (χ3n) is 2.20. The largest absolute Gasteiger partial charge is 0.489 e. The van der Waals surface area contributed by atoms with E-state index < -0.39 is 5.97 Å². The van der Waals surface area contributed by atoms with E-state index in [9.17, 15) is 4.79 Å². The van der Waals surface area contributed by atoms with Gasteiger partial charge in [0.25, 0.3) is 0 Å². The maximum Gasteiger partial charge on any atom is 0.307 e. The molecular weight excluding hydrogens is 204 g/mol. The highest BCUT2D eigenvalue weighted by Crippen LogP contribution is 2.34. The molecule has 74 valence electrons. The lowest BCUT2D eigenvalue weighted by Crippen LogP contribution is -2.17. The first-order valence-corrected chi connectivity index (χ1v) is 4.70. The van der Waals surface area contributed by atoms with Gasteiger partial charge in [-0.2, -0.15) is 0 Å². The van der Waals surface area contributed by atoms with Gasteiger partial charge in [0.1, 0.15) is 11.9 Å². The summed E-state index contributed by atoms with van der Waals surface area (Å²) in [5.74, 6) is -0.136. The number of carboxylic acids is 1. The van der Waals surface area contributed by atoms with Crippen LogP contribution in [0.5, 0.6) is 5.75 Å². The molecule has 0 saturated heterocycles. The number of carboxylic acid groups (broad SMARTS) is 1. The Labute approximate surface area is 86.3 Å². The zero-order chi connectivity index (χ0) is 10.1. The number of hydrogen-bond donors (Lipinski definition) is 1. The summed E-state index contributed by atoms with van der Waals surface area (Å²) in [5, 5.41) is 9.26. The second-order valence-electron chi connectivity index (χ2n) is 3.26. The van der Waals surface area contributed by atoms with Gasteiger partial charge in [-0.05, 0) is 12.1 Å². The molecule has 2 rings (SSSR count). The van der Waals surface area contributed by atoms with Gasteiger partial charge >= 0.3 is 5.97 Å². The van der Waals surface area contributed by atoms with Crippen LogP contribution in [0.3, 0.4) is 0 Å². The molecule has 0 spiro atoms. The summed E-state index contributed by atoms with van der Waals surface area (Å²) in [6, 6.07) is 5.39. The number of carbonyl (C=O) groups is 1. The highest BCUT2D eigenvalue weighted by Gasteiger charge is 2.26. The molecule has 1 aromatic carbocycles. The predicted octanol–water partition coefficient (Wildman–Crippen LogP) is 2.12. The molecule has 1 unspecified atom stereocenters. The molecule has 1 N–H and O–H groups in total. The average Bonchev–Trinajstić information content (AvgIpc) is 2.47. The van der Waals surface area contributed by atoms with E-state index in [0.29, 0.717) is 17.2 Å². The van der Waals surface area contributed by atoms with E-state index in [1.54, 1.807) is 12.1 Å². The fraction of sp³-hybridized carbons (Fsp3) is 0.300. The number of rotatable bonds is 2. The van der Waals surface area contributed by atoms with Crippen LogP contribution in [-0.2, 0) is 11.2 Å². The lowest BCUT2D eigenvalue weighted by atomic mass is 10.1. The first-order chi connectivity index (χ1) is 6.66. The highest BCUT2D eigenvalue weighted by molar-refractivity contribution is 6.31. The molecule has 0 amide bonds. The minimum Gasteiger partial charge on any atom is -0.489 e. The van der Waals surface area contributed by atoms with E-state index in [-0.39, 0.29) is 12.5 Å². The fourth-order valence-corrected chi connectivity index (χ4v) is 1.85. The van der Waals surface area contributed by atoms with Crippen molar-refractivity contribution in [2.75, 3.05) is 0 Å². The Bertz CT molecular complexity index is 376. The van der Waals surface area contributed by atoms with Crippen molar-refractivity contribution in [3.05, 3.63) is 28.8 Å². The van der Waals surface area contributed by atoms with Crippen molar-refractivity contribution in [2.45, 2.75) is 18.9 Å². The molecule has 1 aromatic rings. The molecule has 1 heterocycles. The molecule has 1 aliphatic heterocycles. The highest BCUT2D eigenvalue weighted by atomic mass is 35.5. The Morgan fingerprint density at radius 3 is 3.07 bits per heavy atom. The summed E-state index contributed by atoms with van der Waals surface area (Å²) in [6.45, 7) is 0. The van der Waals surface area contributed by atoms with Gasteiger partial charge in [-0.25, -0.2) is 0 Å². The van der Waals surface area contributed by atoms with Crippen molar-refractivity contribution in [3.8, 4) is 5.75 Å². The summed E-state index contributed by atoms with van der Waals surface area (Å²) in [4.78, 5) is 10.5. The Balaban J connectivity index is 2.18. The predicted molar refractivity (Wildman–Crippen MR) is 51.8 cm³/mol. The molecule has 4 heteroatoms. The molecule has 0 saturated carbocycles. The molecule has 0 radical (unpaired) electrons. The number of fused-ring (bicyclic) bond motifs is 1. The van der Waals surface area contributed by atoms with Crippen LogP contribution in [-0.4, -0.2) is 17.2 Å². The van der Waals surface area contributed by atoms with Crippen molar-refractivity contribution >= 4 is 17.6 Å². The van der Waals surface area contributed by atoms with Crippen LogP contribution in [0.15, 0.2) is 18.2 Å². The third kappa shape index (κ3) is 1.68. The molecule has 14 heavy (non-hydrogen) atoms. The van der Waals surface area contributed by atoms with Crippen LogP contribution in [0.4, 0.5) is 0 Å². The number of benzene rings is 1. The van der Waals surface area contributed by atoms with E-state index in [4.69, 9.17) is 21.4 Å². The topological polar surface area (TPSA) is 46.5 Å². The lowest BCUT2D eigenvalue weighted by molar-refractivity contribution is -0.138. The standard InChI is InChI=1S/C10H9ClO3/c11-8-2-1-3-9-7(8)4-6(14-9)5-10(12)13/h1-3,6H,4-5H2,(H,12,13). The quantitative estimate of drug-likeness (QED) is 0.817. The van der Waals surface area contributed by atoms with Crippen molar-refractivity contribution in [3.63, 3.8) is 0 Å². The zero-order valence-corrected chi connectivity index (χ0v) is 8.12. The van der Waals surface area contributed by atoms with Gasteiger partial charge < -0.3 is 9.84 Å². The van der Waals surface area contributed by atoms with Crippen molar-refractivity contribution in [1.82, 2.24) is 0 Å². The van der Waals surface area contributed by atoms with Crippen LogP contribution in [0.25, 0.3) is 0 Å². The Morgan fingerprint density at radius 1 is 1.64 bits per heavy atom. The Hall–Kier alpha value is -1.22. The maximum atomic E-state index is 10.5. The normalized spacial score (nSPS) is 18.8. The van der Waals surface area contributed by atoms with Crippen LogP contribution in [0.1, 0.15) is 12.0 Å². The lowest BCUT2D eigenvalue weighted by Gasteiger charge is -2.06. The molecule has 1 aliphatic rings. The van der Waals surface area contributed by atoms with Crippen LogP contribution < -0.4 is 4.74 Å². The summed E-state index contributed by atoms with van der Waals surface area (Å²) in [5.41, 5.74) is 0.917. The van der Waals surface area contributed by atoms with Gasteiger partial charge in [0.05, 0.1) is 6.42 Å². The molecule has 0 fully saturated rings. The average molecular weight is 213 g/mol. The van der Waals surface area contributed by atoms with Gasteiger partial charge in [0.15, 0.2) is 0 Å². The first-order valence-electron chi connectivity index (χ1n) is 4.32. The molecule has 1 atom stereocenters. The molecule has 0 aromatic heterocycles. The Kier molecular flexibility index (Phi) is 2.33. The number of aliphatic carboxylic acids is 1. The van der Waals surface area contributed by atoms with Crippen LogP contribution in [0, 0.1) is 0 Å². The summed E-state index contributed by atoms with van der Waals surface area (Å²) in [6.07, 6.45) is 0.328. The second kappa shape index (κ2) is 3.50. The first kappa shape index (κ1) is 9.34. The van der Waals surface area contributed by atoms with Crippen LogP contribution in [0.2, 0.25) is 5.02 Å². The van der Waals surface area contributed by atoms with E-state index in [1.807, 2.05) is 6.07 Å². The van der Waals surface area contributed by atoms with Crippen LogP contribution >= 0.6 is 11.6 Å². The third-order valence-corrected chi connectivity index (χ3v) is 2.56. The minimum atomic E-state index is -0.848. The van der Waals surface area contributed by atoms with Gasteiger partial charge in [-0.3, -0.25) is 4.79 Å². The summed E-state index contributed by atoms with van der Waals surface area (Å²) in [7, 11) is 0. The molecular formula is C10H9ClO3. The van der Waals surface area contributed by atoms with Gasteiger partial charge in [-0.15, -0.1) is 0 Å². The van der Waals surface area contributed by atoms with Gasteiger partial charge in [-0.1, -0.05) is 17.7 Å². The van der Waals surface area contributed by atoms with E-state index >= 15 is 0 Å². The van der Waals surface area contributed by atoms with E-state index in [0.717, 1.165) is 5.56 Å². The minimum absolute atomic E-state index is 0.0189. The SMILES string of the molecule is O=C(O)CC1Cc2c(Cl)cccc2O1. The second-order valence-corrected chi connectivity index (χ2v) is 3.67. The zero-order valence-electron chi connectivity index (χ0n) is 7.37. The number of ether oxygens (including phenoxy) is 1. The summed E-state index contributed by atoms with van der Waals surface area (Å²) < 4.78 is 5.43. The smallest absolute Gasteiger partial charge is 0.307 e. The monoisotopic (exact) mass is 212 g/mol. The fourth-order valence-electron chi connectivity index (χ4n) is 1.60. The Morgan fingerprint density at radius 2 is 2.43 bits per heavy atom. The van der Waals surface area contributed by atoms with E-state index in [2.05, 4.69) is 0 Å². The van der Waals surface area contributed by atoms with Gasteiger partial charge in [0.2, 0.25) is 0 Å². The maximum absolute atomic E-state index is 10.5. The summed E-state index contributed by atoms with van der Waals surface area (Å²) >= 11 is 5.94. The van der Waals surface area contributed by atoms with E-state index in [1.165, 1.54) is 0 Å². The van der Waals surface area contributed by atoms with Gasteiger partial charge in [0, 0.05) is 17.0 Å². The number of halogens is 1. The van der Waals surface area contributed by atoms with Crippen molar-refractivity contribution in [1.29, 1.82) is 0 Å². The molecule has 0 bridgehead atoms. The number of hydrogen-bond acceptors (Lipinski definition) is 2. The van der Waals surface area contributed by atoms with Crippen molar-refractivity contribution in [2.24, 2.45) is 0 Å². The molecule has 0 aliphatic carbocycles.